The van der Waals surface area contributed by atoms with Gasteiger partial charge in [-0.15, -0.1) is 0 Å². The van der Waals surface area contributed by atoms with Gasteiger partial charge in [-0.1, -0.05) is 0 Å². The van der Waals surface area contributed by atoms with E-state index < -0.39 is 0 Å². The molecule has 1 saturated heterocycles. The van der Waals surface area contributed by atoms with Crippen molar-refractivity contribution in [1.82, 2.24) is 15.1 Å². The molecule has 1 aliphatic heterocycles. The van der Waals surface area contributed by atoms with Crippen LogP contribution in [0.3, 0.4) is 0 Å². The molecule has 134 valence electrons. The van der Waals surface area contributed by atoms with Crippen LogP contribution in [0.2, 0.25) is 0 Å². The van der Waals surface area contributed by atoms with Crippen molar-refractivity contribution in [3.8, 4) is 17.0 Å². The normalized spacial score (nSPS) is 17.8. The molecule has 2 heterocycles. The summed E-state index contributed by atoms with van der Waals surface area (Å²) in [5.41, 5.74) is 1.39. The second kappa shape index (κ2) is 8.47. The number of nitrogens with zero attached hydrogens (tertiary/aromatic N) is 2. The van der Waals surface area contributed by atoms with Gasteiger partial charge >= 0.3 is 0 Å². The molecule has 0 aliphatic carbocycles. The highest BCUT2D eigenvalue weighted by atomic mass is 79.9. The standard InChI is InChI=1S/C18H21Br2N3O2/c1-12-4-2-7-23(12)8-3-9-25-18-14(19)10-13(11-15(18)20)16-5-6-17(24)22-21-16/h5-6,10-12H,2-4,7-9H2,1H3,(H,22,24). The van der Waals surface area contributed by atoms with Crippen LogP contribution in [0.4, 0.5) is 0 Å². The van der Waals surface area contributed by atoms with Gasteiger partial charge in [0.1, 0.15) is 5.75 Å². The Morgan fingerprint density at radius 2 is 2.08 bits per heavy atom. The third-order valence-electron chi connectivity index (χ3n) is 4.50. The Bertz CT molecular complexity index is 751. The topological polar surface area (TPSA) is 58.2 Å². The van der Waals surface area contributed by atoms with Crippen molar-refractivity contribution < 1.29 is 4.74 Å². The van der Waals surface area contributed by atoms with Crippen molar-refractivity contribution >= 4 is 31.9 Å². The monoisotopic (exact) mass is 469 g/mol. The zero-order valence-electron chi connectivity index (χ0n) is 14.1. The Hall–Kier alpha value is -1.18. The Morgan fingerprint density at radius 3 is 2.68 bits per heavy atom. The number of benzene rings is 1. The summed E-state index contributed by atoms with van der Waals surface area (Å²) >= 11 is 7.15. The Kier molecular flexibility index (Phi) is 6.30. The summed E-state index contributed by atoms with van der Waals surface area (Å²) in [6.07, 6.45) is 3.62. The molecule has 7 heteroatoms. The molecule has 1 atom stereocenters. The van der Waals surface area contributed by atoms with E-state index in [1.54, 1.807) is 6.07 Å². The lowest BCUT2D eigenvalue weighted by atomic mass is 10.1. The number of hydrogen-bond donors (Lipinski definition) is 1. The van der Waals surface area contributed by atoms with Crippen molar-refractivity contribution in [2.45, 2.75) is 32.2 Å². The molecule has 1 unspecified atom stereocenters. The van der Waals surface area contributed by atoms with Gasteiger partial charge in [0.2, 0.25) is 0 Å². The highest BCUT2D eigenvalue weighted by Crippen LogP contribution is 2.37. The van der Waals surface area contributed by atoms with Gasteiger partial charge in [0, 0.05) is 24.2 Å². The number of ether oxygens (including phenoxy) is 1. The maximum atomic E-state index is 11.1. The summed E-state index contributed by atoms with van der Waals surface area (Å²) in [7, 11) is 0. The van der Waals surface area contributed by atoms with E-state index in [1.807, 2.05) is 12.1 Å². The molecule has 2 aromatic rings. The van der Waals surface area contributed by atoms with Crippen LogP contribution >= 0.6 is 31.9 Å². The van der Waals surface area contributed by atoms with Crippen LogP contribution in [0.5, 0.6) is 5.75 Å². The molecule has 1 aliphatic rings. The molecule has 0 spiro atoms. The maximum Gasteiger partial charge on any atom is 0.264 e. The number of hydrogen-bond acceptors (Lipinski definition) is 4. The smallest absolute Gasteiger partial charge is 0.264 e. The van der Waals surface area contributed by atoms with Crippen LogP contribution < -0.4 is 10.3 Å². The predicted octanol–water partition coefficient (Wildman–Crippen LogP) is 4.22. The molecular formula is C18H21Br2N3O2. The first-order valence-electron chi connectivity index (χ1n) is 8.46. The zero-order valence-corrected chi connectivity index (χ0v) is 17.3. The van der Waals surface area contributed by atoms with Crippen molar-refractivity contribution in [3.63, 3.8) is 0 Å². The largest absolute Gasteiger partial charge is 0.491 e. The van der Waals surface area contributed by atoms with Gasteiger partial charge in [-0.05, 0) is 82.8 Å². The number of H-pyrrole nitrogens is 1. The zero-order chi connectivity index (χ0) is 17.8. The van der Waals surface area contributed by atoms with E-state index in [-0.39, 0.29) is 5.56 Å². The molecule has 3 rings (SSSR count). The third kappa shape index (κ3) is 4.71. The van der Waals surface area contributed by atoms with Crippen molar-refractivity contribution in [2.24, 2.45) is 0 Å². The highest BCUT2D eigenvalue weighted by molar-refractivity contribution is 9.11. The summed E-state index contributed by atoms with van der Waals surface area (Å²) < 4.78 is 7.70. The lowest BCUT2D eigenvalue weighted by Crippen LogP contribution is -2.28. The maximum absolute atomic E-state index is 11.1. The van der Waals surface area contributed by atoms with Crippen LogP contribution in [0.1, 0.15) is 26.2 Å². The first-order valence-corrected chi connectivity index (χ1v) is 10.0. The molecule has 1 aromatic carbocycles. The van der Waals surface area contributed by atoms with Crippen LogP contribution in [0, 0.1) is 0 Å². The van der Waals surface area contributed by atoms with E-state index in [0.717, 1.165) is 33.2 Å². The summed E-state index contributed by atoms with van der Waals surface area (Å²) in [4.78, 5) is 13.7. The van der Waals surface area contributed by atoms with E-state index in [1.165, 1.54) is 25.5 Å². The van der Waals surface area contributed by atoms with Crippen LogP contribution in [0.25, 0.3) is 11.3 Å². The Labute approximate surface area is 164 Å². The second-order valence-electron chi connectivity index (χ2n) is 6.30. The predicted molar refractivity (Wildman–Crippen MR) is 106 cm³/mol. The van der Waals surface area contributed by atoms with Crippen molar-refractivity contribution in [1.29, 1.82) is 0 Å². The van der Waals surface area contributed by atoms with Crippen LogP contribution in [-0.4, -0.2) is 40.8 Å². The Morgan fingerprint density at radius 1 is 1.32 bits per heavy atom. The molecule has 1 N–H and O–H groups in total. The molecular weight excluding hydrogens is 450 g/mol. The number of likely N-dealkylation sites (tertiary alicyclic amines) is 1. The first kappa shape index (κ1) is 18.6. The fourth-order valence-electron chi connectivity index (χ4n) is 3.12. The lowest BCUT2D eigenvalue weighted by Gasteiger charge is -2.21. The molecule has 0 amide bonds. The fraction of sp³-hybridized carbons (Fsp3) is 0.444. The van der Waals surface area contributed by atoms with Gasteiger partial charge < -0.3 is 9.64 Å². The summed E-state index contributed by atoms with van der Waals surface area (Å²) in [6, 6.07) is 7.76. The average Bonchev–Trinajstić information content (AvgIpc) is 2.99. The molecule has 1 aromatic heterocycles. The molecule has 1 fully saturated rings. The van der Waals surface area contributed by atoms with E-state index in [9.17, 15) is 4.79 Å². The van der Waals surface area contributed by atoms with Crippen LogP contribution in [0.15, 0.2) is 38.0 Å². The molecule has 5 nitrogen and oxygen atoms in total. The van der Waals surface area contributed by atoms with Gasteiger partial charge in [-0.2, -0.15) is 5.10 Å². The van der Waals surface area contributed by atoms with Gasteiger partial charge in [-0.25, -0.2) is 5.10 Å². The van der Waals surface area contributed by atoms with E-state index in [2.05, 4.69) is 53.9 Å². The van der Waals surface area contributed by atoms with E-state index >= 15 is 0 Å². The number of aromatic nitrogens is 2. The van der Waals surface area contributed by atoms with Crippen molar-refractivity contribution in [2.75, 3.05) is 19.7 Å². The summed E-state index contributed by atoms with van der Waals surface area (Å²) in [5, 5.41) is 6.51. The molecule has 0 saturated carbocycles. The summed E-state index contributed by atoms with van der Waals surface area (Å²) in [5.74, 6) is 0.794. The van der Waals surface area contributed by atoms with Gasteiger partial charge in [-0.3, -0.25) is 4.79 Å². The third-order valence-corrected chi connectivity index (χ3v) is 5.68. The molecule has 0 bridgehead atoms. The lowest BCUT2D eigenvalue weighted by molar-refractivity contribution is 0.229. The fourth-order valence-corrected chi connectivity index (χ4v) is 4.53. The van der Waals surface area contributed by atoms with Gasteiger partial charge in [0.25, 0.3) is 5.56 Å². The van der Waals surface area contributed by atoms with E-state index in [0.29, 0.717) is 18.3 Å². The molecule has 0 radical (unpaired) electrons. The van der Waals surface area contributed by atoms with Gasteiger partial charge in [0.15, 0.2) is 0 Å². The minimum atomic E-state index is -0.214. The number of rotatable bonds is 6. The minimum absolute atomic E-state index is 0.214. The summed E-state index contributed by atoms with van der Waals surface area (Å²) in [6.45, 7) is 5.26. The average molecular weight is 471 g/mol. The Balaban J connectivity index is 1.62. The SMILES string of the molecule is CC1CCCN1CCCOc1c(Br)cc(-c2ccc(=O)[nH]n2)cc1Br. The van der Waals surface area contributed by atoms with Crippen LogP contribution in [-0.2, 0) is 0 Å². The van der Waals surface area contributed by atoms with Crippen molar-refractivity contribution in [3.05, 3.63) is 43.6 Å². The number of aromatic amines is 1. The minimum Gasteiger partial charge on any atom is -0.491 e. The quantitative estimate of drug-likeness (QED) is 0.642. The molecule has 25 heavy (non-hydrogen) atoms. The van der Waals surface area contributed by atoms with E-state index in [4.69, 9.17) is 4.74 Å². The number of nitrogens with one attached hydrogen (secondary N) is 1. The highest BCUT2D eigenvalue weighted by Gasteiger charge is 2.19. The number of halogens is 2. The van der Waals surface area contributed by atoms with Gasteiger partial charge in [0.05, 0.1) is 21.2 Å². The first-order chi connectivity index (χ1) is 12.0. The second-order valence-corrected chi connectivity index (χ2v) is 8.01.